The lowest BCUT2D eigenvalue weighted by molar-refractivity contribution is 0.577. The monoisotopic (exact) mass is 278 g/mol. The fraction of sp³-hybridized carbons (Fsp3) is 0.462. The lowest BCUT2D eigenvalue weighted by atomic mass is 10.1. The molecule has 0 aliphatic carbocycles. The van der Waals surface area contributed by atoms with Crippen molar-refractivity contribution in [3.63, 3.8) is 0 Å². The van der Waals surface area contributed by atoms with Crippen LogP contribution in [0.4, 0.5) is 5.69 Å². The van der Waals surface area contributed by atoms with E-state index in [0.29, 0.717) is 6.42 Å². The van der Waals surface area contributed by atoms with Crippen LogP contribution in [0.1, 0.15) is 24.8 Å². The number of halogens is 1. The zero-order valence-corrected chi connectivity index (χ0v) is 10.8. The van der Waals surface area contributed by atoms with Crippen molar-refractivity contribution in [2.75, 3.05) is 18.0 Å². The molecule has 0 bridgehead atoms. The van der Waals surface area contributed by atoms with E-state index in [-0.39, 0.29) is 0 Å². The molecule has 0 atom stereocenters. The Morgan fingerprint density at radius 1 is 1.25 bits per heavy atom. The van der Waals surface area contributed by atoms with Gasteiger partial charge in [-0.25, -0.2) is 0 Å². The van der Waals surface area contributed by atoms with Crippen molar-refractivity contribution in [3.8, 4) is 6.07 Å². The highest BCUT2D eigenvalue weighted by Crippen LogP contribution is 2.29. The minimum atomic E-state index is 0.485. The maximum atomic E-state index is 8.65. The molecule has 0 radical (unpaired) electrons. The number of rotatable bonds is 2. The van der Waals surface area contributed by atoms with Crippen LogP contribution in [0.25, 0.3) is 0 Å². The van der Waals surface area contributed by atoms with Crippen molar-refractivity contribution in [1.29, 1.82) is 5.26 Å². The Bertz CT molecular complexity index is 403. The molecular formula is C13H15BrN2. The molecule has 16 heavy (non-hydrogen) atoms. The van der Waals surface area contributed by atoms with E-state index < -0.39 is 0 Å². The van der Waals surface area contributed by atoms with Crippen molar-refractivity contribution in [3.05, 3.63) is 28.2 Å². The summed E-state index contributed by atoms with van der Waals surface area (Å²) in [5.74, 6) is 0. The number of hydrogen-bond acceptors (Lipinski definition) is 2. The first kappa shape index (κ1) is 11.5. The van der Waals surface area contributed by atoms with Gasteiger partial charge >= 0.3 is 0 Å². The van der Waals surface area contributed by atoms with E-state index in [2.05, 4.69) is 45.1 Å². The molecule has 2 nitrogen and oxygen atoms in total. The summed E-state index contributed by atoms with van der Waals surface area (Å²) in [4.78, 5) is 2.42. The zero-order valence-electron chi connectivity index (χ0n) is 9.25. The summed E-state index contributed by atoms with van der Waals surface area (Å²) in [6.45, 7) is 2.30. The summed E-state index contributed by atoms with van der Waals surface area (Å²) in [5.41, 5.74) is 2.34. The van der Waals surface area contributed by atoms with E-state index in [1.807, 2.05) is 0 Å². The second kappa shape index (κ2) is 5.36. The normalized spacial score (nSPS) is 15.9. The number of piperidine rings is 1. The highest BCUT2D eigenvalue weighted by molar-refractivity contribution is 9.10. The molecule has 1 saturated heterocycles. The van der Waals surface area contributed by atoms with Crippen molar-refractivity contribution >= 4 is 21.6 Å². The van der Waals surface area contributed by atoms with Crippen LogP contribution in [0, 0.1) is 11.3 Å². The van der Waals surface area contributed by atoms with Crippen LogP contribution in [0.2, 0.25) is 0 Å². The molecular weight excluding hydrogens is 264 g/mol. The largest absolute Gasteiger partial charge is 0.371 e. The number of nitrogens with zero attached hydrogens (tertiary/aromatic N) is 2. The summed E-state index contributed by atoms with van der Waals surface area (Å²) < 4.78 is 1.11. The van der Waals surface area contributed by atoms with Gasteiger partial charge in [-0.1, -0.05) is 6.07 Å². The maximum absolute atomic E-state index is 8.65. The van der Waals surface area contributed by atoms with Gasteiger partial charge in [-0.3, -0.25) is 0 Å². The molecule has 0 amide bonds. The summed E-state index contributed by atoms with van der Waals surface area (Å²) in [5, 5.41) is 8.65. The number of benzene rings is 1. The Balaban J connectivity index is 2.18. The second-order valence-electron chi connectivity index (χ2n) is 4.17. The molecule has 0 saturated carbocycles. The van der Waals surface area contributed by atoms with Gasteiger partial charge in [0.25, 0.3) is 0 Å². The molecule has 2 rings (SSSR count). The van der Waals surface area contributed by atoms with Crippen LogP contribution >= 0.6 is 15.9 Å². The molecule has 0 unspecified atom stereocenters. The topological polar surface area (TPSA) is 27.0 Å². The first-order valence-electron chi connectivity index (χ1n) is 5.71. The van der Waals surface area contributed by atoms with Crippen LogP contribution in [0.5, 0.6) is 0 Å². The number of anilines is 1. The third-order valence-corrected chi connectivity index (χ3v) is 3.63. The van der Waals surface area contributed by atoms with Gasteiger partial charge in [0, 0.05) is 17.6 Å². The minimum Gasteiger partial charge on any atom is -0.371 e. The van der Waals surface area contributed by atoms with Crippen LogP contribution in [-0.4, -0.2) is 13.1 Å². The van der Waals surface area contributed by atoms with Crippen molar-refractivity contribution in [2.45, 2.75) is 25.7 Å². The minimum absolute atomic E-state index is 0.485. The smallest absolute Gasteiger partial charge is 0.0669 e. The van der Waals surface area contributed by atoms with Crippen LogP contribution in [0.15, 0.2) is 22.7 Å². The molecule has 1 aliphatic heterocycles. The van der Waals surface area contributed by atoms with Gasteiger partial charge in [-0.05, 0) is 52.9 Å². The van der Waals surface area contributed by atoms with E-state index in [4.69, 9.17) is 5.26 Å². The van der Waals surface area contributed by atoms with Crippen LogP contribution in [0.3, 0.4) is 0 Å². The average Bonchev–Trinajstić information content (AvgIpc) is 2.31. The fourth-order valence-corrected chi connectivity index (χ4v) is 2.82. The Labute approximate surface area is 105 Å². The van der Waals surface area contributed by atoms with Gasteiger partial charge in [0.2, 0.25) is 0 Å². The summed E-state index contributed by atoms with van der Waals surface area (Å²) in [6.07, 6.45) is 4.40. The predicted octanol–water partition coefficient (Wildman–Crippen LogP) is 3.51. The first-order chi connectivity index (χ1) is 7.81. The molecule has 1 aliphatic rings. The van der Waals surface area contributed by atoms with E-state index >= 15 is 0 Å². The highest BCUT2D eigenvalue weighted by atomic mass is 79.9. The molecule has 3 heteroatoms. The molecule has 0 aromatic heterocycles. The lowest BCUT2D eigenvalue weighted by Gasteiger charge is -2.29. The van der Waals surface area contributed by atoms with Gasteiger partial charge in [-0.2, -0.15) is 5.26 Å². The fourth-order valence-electron chi connectivity index (χ4n) is 2.14. The molecule has 84 valence electrons. The maximum Gasteiger partial charge on any atom is 0.0669 e. The average molecular weight is 279 g/mol. The Kier molecular flexibility index (Phi) is 3.84. The Morgan fingerprint density at radius 2 is 2.00 bits per heavy atom. The number of hydrogen-bond donors (Lipinski definition) is 0. The standard InChI is InChI=1S/C13H15BrN2/c14-12-10-11(6-7-15)4-5-13(12)16-8-2-1-3-9-16/h4-5,10H,1-3,6,8-9H2. The van der Waals surface area contributed by atoms with Crippen LogP contribution in [-0.2, 0) is 6.42 Å². The Hall–Kier alpha value is -1.01. The van der Waals surface area contributed by atoms with E-state index in [9.17, 15) is 0 Å². The van der Waals surface area contributed by atoms with Gasteiger partial charge in [0.1, 0.15) is 0 Å². The van der Waals surface area contributed by atoms with Crippen molar-refractivity contribution < 1.29 is 0 Å². The molecule has 1 aromatic carbocycles. The van der Waals surface area contributed by atoms with Crippen molar-refractivity contribution in [1.82, 2.24) is 0 Å². The molecule has 0 N–H and O–H groups in total. The third kappa shape index (κ3) is 2.56. The third-order valence-electron chi connectivity index (χ3n) is 2.99. The number of nitriles is 1. The quantitative estimate of drug-likeness (QED) is 0.828. The zero-order chi connectivity index (χ0) is 11.4. The van der Waals surface area contributed by atoms with Gasteiger partial charge < -0.3 is 4.90 Å². The van der Waals surface area contributed by atoms with E-state index in [1.165, 1.54) is 24.9 Å². The second-order valence-corrected chi connectivity index (χ2v) is 5.02. The van der Waals surface area contributed by atoms with Gasteiger partial charge in [-0.15, -0.1) is 0 Å². The van der Waals surface area contributed by atoms with Crippen LogP contribution < -0.4 is 4.90 Å². The lowest BCUT2D eigenvalue weighted by Crippen LogP contribution is -2.29. The van der Waals surface area contributed by atoms with E-state index in [1.54, 1.807) is 0 Å². The SMILES string of the molecule is N#CCc1ccc(N2CCCCC2)c(Br)c1. The molecule has 1 fully saturated rings. The van der Waals surface area contributed by atoms with Crippen molar-refractivity contribution in [2.24, 2.45) is 0 Å². The van der Waals surface area contributed by atoms with E-state index in [0.717, 1.165) is 23.1 Å². The molecule has 0 spiro atoms. The van der Waals surface area contributed by atoms with Gasteiger partial charge in [0.05, 0.1) is 18.2 Å². The first-order valence-corrected chi connectivity index (χ1v) is 6.51. The van der Waals surface area contributed by atoms with Gasteiger partial charge in [0.15, 0.2) is 0 Å². The summed E-state index contributed by atoms with van der Waals surface area (Å²) >= 11 is 3.60. The predicted molar refractivity (Wildman–Crippen MR) is 69.5 cm³/mol. The highest BCUT2D eigenvalue weighted by Gasteiger charge is 2.13. The Morgan fingerprint density at radius 3 is 2.62 bits per heavy atom. The molecule has 1 heterocycles. The summed E-state index contributed by atoms with van der Waals surface area (Å²) in [6, 6.07) is 8.42. The summed E-state index contributed by atoms with van der Waals surface area (Å²) in [7, 11) is 0. The molecule has 1 aromatic rings.